The molecule has 1 aliphatic rings. The van der Waals surface area contributed by atoms with E-state index in [4.69, 9.17) is 9.47 Å². The van der Waals surface area contributed by atoms with E-state index in [9.17, 15) is 14.4 Å². The van der Waals surface area contributed by atoms with E-state index in [-0.39, 0.29) is 19.1 Å². The first-order chi connectivity index (χ1) is 12.9. The Morgan fingerprint density at radius 3 is 2.81 bits per heavy atom. The summed E-state index contributed by atoms with van der Waals surface area (Å²) in [6.45, 7) is 1.03. The SMILES string of the molecule is Cc1cc(NC(=O)COC(=O)CN2C(=O)COc3ccccc32)ccc1Br. The first kappa shape index (κ1) is 18.9. The normalized spacial score (nSPS) is 12.8. The highest BCUT2D eigenvalue weighted by Crippen LogP contribution is 2.31. The number of amides is 2. The quantitative estimate of drug-likeness (QED) is 0.734. The highest BCUT2D eigenvalue weighted by molar-refractivity contribution is 9.10. The summed E-state index contributed by atoms with van der Waals surface area (Å²) >= 11 is 3.39. The summed E-state index contributed by atoms with van der Waals surface area (Å²) < 4.78 is 11.3. The average molecular weight is 433 g/mol. The minimum absolute atomic E-state index is 0.145. The van der Waals surface area contributed by atoms with Crippen LogP contribution in [0.15, 0.2) is 46.9 Å². The molecule has 0 unspecified atom stereocenters. The monoisotopic (exact) mass is 432 g/mol. The van der Waals surface area contributed by atoms with E-state index in [1.165, 1.54) is 4.90 Å². The number of nitrogens with one attached hydrogen (secondary N) is 1. The van der Waals surface area contributed by atoms with Gasteiger partial charge in [-0.15, -0.1) is 0 Å². The number of benzene rings is 2. The van der Waals surface area contributed by atoms with Crippen molar-refractivity contribution in [2.24, 2.45) is 0 Å². The lowest BCUT2D eigenvalue weighted by molar-refractivity contribution is -0.146. The summed E-state index contributed by atoms with van der Waals surface area (Å²) in [6.07, 6.45) is 0. The molecule has 1 N–H and O–H groups in total. The minimum atomic E-state index is -0.679. The average Bonchev–Trinajstić information content (AvgIpc) is 2.65. The van der Waals surface area contributed by atoms with Gasteiger partial charge in [0.05, 0.1) is 5.69 Å². The van der Waals surface area contributed by atoms with Crippen LogP contribution in [0, 0.1) is 6.92 Å². The zero-order valence-corrected chi connectivity index (χ0v) is 16.1. The Morgan fingerprint density at radius 2 is 2.04 bits per heavy atom. The summed E-state index contributed by atoms with van der Waals surface area (Å²) in [4.78, 5) is 37.4. The number of halogens is 1. The van der Waals surface area contributed by atoms with Crippen molar-refractivity contribution in [3.05, 3.63) is 52.5 Å². The van der Waals surface area contributed by atoms with Crippen LogP contribution in [0.4, 0.5) is 11.4 Å². The molecule has 1 heterocycles. The van der Waals surface area contributed by atoms with Crippen LogP contribution in [0.1, 0.15) is 5.56 Å². The van der Waals surface area contributed by atoms with Gasteiger partial charge in [0.1, 0.15) is 12.3 Å². The van der Waals surface area contributed by atoms with E-state index in [1.807, 2.05) is 13.0 Å². The molecule has 27 heavy (non-hydrogen) atoms. The number of aryl methyl sites for hydroxylation is 1. The fourth-order valence-electron chi connectivity index (χ4n) is 2.57. The van der Waals surface area contributed by atoms with Crippen molar-refractivity contribution in [1.29, 1.82) is 0 Å². The number of nitrogens with zero attached hydrogens (tertiary/aromatic N) is 1. The van der Waals surface area contributed by atoms with Crippen molar-refractivity contribution in [2.45, 2.75) is 6.92 Å². The number of hydrogen-bond donors (Lipinski definition) is 1. The highest BCUT2D eigenvalue weighted by atomic mass is 79.9. The maximum atomic E-state index is 12.1. The molecule has 0 spiro atoms. The molecule has 8 heteroatoms. The lowest BCUT2D eigenvalue weighted by Gasteiger charge is -2.28. The Balaban J connectivity index is 1.54. The summed E-state index contributed by atoms with van der Waals surface area (Å²) in [7, 11) is 0. The van der Waals surface area contributed by atoms with Crippen LogP contribution in [0.3, 0.4) is 0 Å². The van der Waals surface area contributed by atoms with Crippen LogP contribution >= 0.6 is 15.9 Å². The van der Waals surface area contributed by atoms with Gasteiger partial charge in [-0.25, -0.2) is 0 Å². The topological polar surface area (TPSA) is 84.9 Å². The van der Waals surface area contributed by atoms with Crippen LogP contribution in [-0.4, -0.2) is 37.5 Å². The Kier molecular flexibility index (Phi) is 5.75. The number of hydrogen-bond acceptors (Lipinski definition) is 5. The molecule has 0 aliphatic carbocycles. The third-order valence-electron chi connectivity index (χ3n) is 3.90. The van der Waals surface area contributed by atoms with Gasteiger partial charge in [0.15, 0.2) is 13.2 Å². The number of esters is 1. The standard InChI is InChI=1S/C19H17BrN2O5/c1-12-8-13(6-7-14(12)20)21-17(23)10-27-19(25)9-22-15-4-2-3-5-16(15)26-11-18(22)24/h2-8H,9-11H2,1H3,(H,21,23). The lowest BCUT2D eigenvalue weighted by Crippen LogP contribution is -2.42. The van der Waals surface area contributed by atoms with E-state index in [0.717, 1.165) is 10.0 Å². The first-order valence-corrected chi connectivity index (χ1v) is 8.97. The summed E-state index contributed by atoms with van der Waals surface area (Å²) in [6, 6.07) is 12.3. The number of para-hydroxylation sites is 2. The van der Waals surface area contributed by atoms with Gasteiger partial charge in [0.2, 0.25) is 0 Å². The van der Waals surface area contributed by atoms with Crippen LogP contribution in [-0.2, 0) is 19.1 Å². The second kappa shape index (κ2) is 8.22. The van der Waals surface area contributed by atoms with Gasteiger partial charge in [-0.05, 0) is 42.8 Å². The molecule has 0 saturated carbocycles. The Labute approximate surface area is 164 Å². The molecular formula is C19H17BrN2O5. The summed E-state index contributed by atoms with van der Waals surface area (Å²) in [5, 5.41) is 2.66. The van der Waals surface area contributed by atoms with Crippen molar-refractivity contribution >= 4 is 45.1 Å². The number of fused-ring (bicyclic) bond motifs is 1. The summed E-state index contributed by atoms with van der Waals surface area (Å²) in [5.74, 6) is -0.963. The highest BCUT2D eigenvalue weighted by Gasteiger charge is 2.27. The van der Waals surface area contributed by atoms with Crippen molar-refractivity contribution in [3.63, 3.8) is 0 Å². The number of carbonyl (C=O) groups is 3. The van der Waals surface area contributed by atoms with Gasteiger partial charge >= 0.3 is 5.97 Å². The van der Waals surface area contributed by atoms with Gasteiger partial charge in [-0.3, -0.25) is 19.3 Å². The number of ether oxygens (including phenoxy) is 2. The van der Waals surface area contributed by atoms with E-state index in [1.54, 1.807) is 36.4 Å². The molecule has 0 radical (unpaired) electrons. The molecule has 0 bridgehead atoms. The second-order valence-electron chi connectivity index (χ2n) is 5.91. The maximum Gasteiger partial charge on any atom is 0.326 e. The molecule has 2 aromatic rings. The predicted octanol–water partition coefficient (Wildman–Crippen LogP) is 2.66. The van der Waals surface area contributed by atoms with Gasteiger partial charge in [0.25, 0.3) is 11.8 Å². The molecule has 0 saturated heterocycles. The number of rotatable bonds is 5. The number of carbonyl (C=O) groups excluding carboxylic acids is 3. The van der Waals surface area contributed by atoms with Crippen molar-refractivity contribution in [3.8, 4) is 5.75 Å². The predicted molar refractivity (Wildman–Crippen MR) is 103 cm³/mol. The Bertz CT molecular complexity index is 899. The van der Waals surface area contributed by atoms with E-state index >= 15 is 0 Å². The largest absolute Gasteiger partial charge is 0.482 e. The lowest BCUT2D eigenvalue weighted by atomic mass is 10.2. The zero-order valence-electron chi connectivity index (χ0n) is 14.5. The first-order valence-electron chi connectivity index (χ1n) is 8.18. The van der Waals surface area contributed by atoms with Gasteiger partial charge in [0, 0.05) is 10.2 Å². The summed E-state index contributed by atoms with van der Waals surface area (Å²) in [5.41, 5.74) is 2.07. The van der Waals surface area contributed by atoms with Crippen molar-refractivity contribution < 1.29 is 23.9 Å². The van der Waals surface area contributed by atoms with Crippen LogP contribution in [0.25, 0.3) is 0 Å². The maximum absolute atomic E-state index is 12.1. The molecular weight excluding hydrogens is 416 g/mol. The fraction of sp³-hybridized carbons (Fsp3) is 0.211. The fourth-order valence-corrected chi connectivity index (χ4v) is 2.81. The molecule has 0 aromatic heterocycles. The van der Waals surface area contributed by atoms with E-state index in [0.29, 0.717) is 17.1 Å². The molecule has 0 atom stereocenters. The van der Waals surface area contributed by atoms with Crippen LogP contribution in [0.5, 0.6) is 5.75 Å². The Hall–Kier alpha value is -2.87. The molecule has 1 aliphatic heterocycles. The Morgan fingerprint density at radius 1 is 1.26 bits per heavy atom. The molecule has 0 fully saturated rings. The van der Waals surface area contributed by atoms with Crippen LogP contribution in [0.2, 0.25) is 0 Å². The van der Waals surface area contributed by atoms with Crippen molar-refractivity contribution in [1.82, 2.24) is 0 Å². The molecule has 2 aromatic carbocycles. The smallest absolute Gasteiger partial charge is 0.326 e. The molecule has 3 rings (SSSR count). The van der Waals surface area contributed by atoms with Crippen LogP contribution < -0.4 is 15.0 Å². The third-order valence-corrected chi connectivity index (χ3v) is 4.79. The van der Waals surface area contributed by atoms with E-state index < -0.39 is 18.5 Å². The number of anilines is 2. The molecule has 2 amide bonds. The third kappa shape index (κ3) is 4.65. The molecule has 140 valence electrons. The van der Waals surface area contributed by atoms with Gasteiger partial charge in [-0.1, -0.05) is 28.1 Å². The minimum Gasteiger partial charge on any atom is -0.482 e. The van der Waals surface area contributed by atoms with Gasteiger partial charge in [-0.2, -0.15) is 0 Å². The van der Waals surface area contributed by atoms with Gasteiger partial charge < -0.3 is 14.8 Å². The zero-order chi connectivity index (χ0) is 19.4. The van der Waals surface area contributed by atoms with E-state index in [2.05, 4.69) is 21.2 Å². The van der Waals surface area contributed by atoms with Crippen molar-refractivity contribution in [2.75, 3.05) is 30.0 Å². The second-order valence-corrected chi connectivity index (χ2v) is 6.76. The molecule has 7 nitrogen and oxygen atoms in total.